The number of nitrogens with one attached hydrogen (secondary N) is 1. The molecule has 1 aromatic rings. The zero-order valence-electron chi connectivity index (χ0n) is 12.0. The third kappa shape index (κ3) is 6.46. The van der Waals surface area contributed by atoms with Crippen molar-refractivity contribution in [2.75, 3.05) is 20.7 Å². The van der Waals surface area contributed by atoms with Crippen LogP contribution >= 0.6 is 11.6 Å². The van der Waals surface area contributed by atoms with Crippen molar-refractivity contribution in [3.8, 4) is 0 Å². The first-order valence-electron chi connectivity index (χ1n) is 6.40. The number of nitrogens with zero attached hydrogens (tertiary/aromatic N) is 1. The van der Waals surface area contributed by atoms with Crippen molar-refractivity contribution in [3.63, 3.8) is 0 Å². The summed E-state index contributed by atoms with van der Waals surface area (Å²) in [6, 6.07) is 6.91. The van der Waals surface area contributed by atoms with E-state index in [1.807, 2.05) is 12.1 Å². The van der Waals surface area contributed by atoms with Crippen molar-refractivity contribution in [1.29, 1.82) is 0 Å². The number of methoxy groups -OCH3 is 1. The molecular weight excluding hydrogens is 296 g/mol. The van der Waals surface area contributed by atoms with Crippen molar-refractivity contribution in [3.05, 3.63) is 34.9 Å². The maximum atomic E-state index is 11.9. The van der Waals surface area contributed by atoms with Crippen LogP contribution in [0.3, 0.4) is 0 Å². The summed E-state index contributed by atoms with van der Waals surface area (Å²) >= 11 is 5.80. The molecular formula is C14H19ClN2O4. The van der Waals surface area contributed by atoms with Crippen LogP contribution in [0.25, 0.3) is 0 Å². The molecule has 0 aliphatic rings. The Kier molecular flexibility index (Phi) is 6.98. The normalized spacial score (nSPS) is 11.8. The topological polar surface area (TPSA) is 78.9 Å². The predicted molar refractivity (Wildman–Crippen MR) is 79.4 cm³/mol. The Morgan fingerprint density at radius 3 is 2.52 bits per heavy atom. The van der Waals surface area contributed by atoms with Gasteiger partial charge >= 0.3 is 12.0 Å². The summed E-state index contributed by atoms with van der Waals surface area (Å²) in [6.45, 7) is 0.576. The Hall–Kier alpha value is -1.79. The average molecular weight is 315 g/mol. The SMILES string of the molecule is COC(CNC(=O)N(C)Cc1ccc(Cl)cc1)CC(=O)O. The van der Waals surface area contributed by atoms with Gasteiger partial charge in [0.1, 0.15) is 0 Å². The monoisotopic (exact) mass is 314 g/mol. The molecule has 7 heteroatoms. The molecule has 2 N–H and O–H groups in total. The van der Waals surface area contributed by atoms with Gasteiger partial charge in [0.15, 0.2) is 0 Å². The Balaban J connectivity index is 2.43. The van der Waals surface area contributed by atoms with Gasteiger partial charge in [-0.05, 0) is 17.7 Å². The number of carboxylic acids is 1. The highest BCUT2D eigenvalue weighted by Gasteiger charge is 2.15. The van der Waals surface area contributed by atoms with E-state index in [9.17, 15) is 9.59 Å². The molecule has 21 heavy (non-hydrogen) atoms. The maximum absolute atomic E-state index is 11.9. The second-order valence-electron chi connectivity index (χ2n) is 4.62. The van der Waals surface area contributed by atoms with Crippen LogP contribution in [0.5, 0.6) is 0 Å². The highest BCUT2D eigenvalue weighted by Crippen LogP contribution is 2.10. The molecule has 116 valence electrons. The fourth-order valence-corrected chi connectivity index (χ4v) is 1.83. The van der Waals surface area contributed by atoms with Crippen LogP contribution in [0.15, 0.2) is 24.3 Å². The van der Waals surface area contributed by atoms with Gasteiger partial charge in [-0.2, -0.15) is 0 Å². The number of hydrogen-bond acceptors (Lipinski definition) is 3. The summed E-state index contributed by atoms with van der Waals surface area (Å²) in [5, 5.41) is 12.0. The van der Waals surface area contributed by atoms with Crippen molar-refractivity contribution in [1.82, 2.24) is 10.2 Å². The first-order valence-corrected chi connectivity index (χ1v) is 6.78. The molecule has 0 aliphatic carbocycles. The van der Waals surface area contributed by atoms with Crippen LogP contribution in [-0.4, -0.2) is 48.8 Å². The van der Waals surface area contributed by atoms with Crippen molar-refractivity contribution in [2.45, 2.75) is 19.1 Å². The molecule has 6 nitrogen and oxygen atoms in total. The van der Waals surface area contributed by atoms with Crippen molar-refractivity contribution >= 4 is 23.6 Å². The lowest BCUT2D eigenvalue weighted by molar-refractivity contribution is -0.139. The molecule has 2 amide bonds. The van der Waals surface area contributed by atoms with E-state index in [-0.39, 0.29) is 19.0 Å². The largest absolute Gasteiger partial charge is 0.481 e. The first-order chi connectivity index (χ1) is 9.92. The van der Waals surface area contributed by atoms with Gasteiger partial charge in [0.05, 0.1) is 12.5 Å². The van der Waals surface area contributed by atoms with Crippen LogP contribution in [0.1, 0.15) is 12.0 Å². The highest BCUT2D eigenvalue weighted by molar-refractivity contribution is 6.30. The standard InChI is InChI=1S/C14H19ClN2O4/c1-17(9-10-3-5-11(15)6-4-10)14(20)16-8-12(21-2)7-13(18)19/h3-6,12H,7-9H2,1-2H3,(H,16,20)(H,18,19). The van der Waals surface area contributed by atoms with Gasteiger partial charge in [0.25, 0.3) is 0 Å². The smallest absolute Gasteiger partial charge is 0.317 e. The number of carboxylic acid groups (broad SMARTS) is 1. The zero-order chi connectivity index (χ0) is 15.8. The van der Waals surface area contributed by atoms with E-state index in [4.69, 9.17) is 21.4 Å². The second-order valence-corrected chi connectivity index (χ2v) is 5.06. The second kappa shape index (κ2) is 8.49. The van der Waals surface area contributed by atoms with E-state index in [2.05, 4.69) is 5.32 Å². The van der Waals surface area contributed by atoms with Crippen molar-refractivity contribution in [2.24, 2.45) is 0 Å². The molecule has 0 bridgehead atoms. The minimum absolute atomic E-state index is 0.145. The molecule has 0 aliphatic heterocycles. The fraction of sp³-hybridized carbons (Fsp3) is 0.429. The summed E-state index contributed by atoms with van der Waals surface area (Å²) in [5.74, 6) is -0.967. The van der Waals surface area contributed by atoms with Gasteiger partial charge in [0, 0.05) is 32.3 Å². The molecule has 1 aromatic carbocycles. The van der Waals surface area contributed by atoms with Gasteiger partial charge < -0.3 is 20.1 Å². The fourth-order valence-electron chi connectivity index (χ4n) is 1.71. The number of benzene rings is 1. The Morgan fingerprint density at radius 2 is 2.00 bits per heavy atom. The van der Waals surface area contributed by atoms with Crippen LogP contribution in [-0.2, 0) is 16.1 Å². The summed E-state index contributed by atoms with van der Waals surface area (Å²) in [6.07, 6.45) is -0.701. The number of carbonyl (C=O) groups excluding carboxylic acids is 1. The molecule has 1 unspecified atom stereocenters. The van der Waals surface area contributed by atoms with E-state index >= 15 is 0 Å². The maximum Gasteiger partial charge on any atom is 0.317 e. The van der Waals surface area contributed by atoms with E-state index < -0.39 is 12.1 Å². The zero-order valence-corrected chi connectivity index (χ0v) is 12.8. The average Bonchev–Trinajstić information content (AvgIpc) is 2.45. The first kappa shape index (κ1) is 17.3. The minimum Gasteiger partial charge on any atom is -0.481 e. The molecule has 0 saturated heterocycles. The van der Waals surface area contributed by atoms with Gasteiger partial charge in [-0.25, -0.2) is 4.79 Å². The number of halogens is 1. The molecule has 0 saturated carbocycles. The minimum atomic E-state index is -0.967. The molecule has 1 atom stereocenters. The lowest BCUT2D eigenvalue weighted by Gasteiger charge is -2.20. The number of urea groups is 1. The summed E-state index contributed by atoms with van der Waals surface area (Å²) in [4.78, 5) is 24.0. The molecule has 0 radical (unpaired) electrons. The van der Waals surface area contributed by atoms with E-state index in [1.54, 1.807) is 19.2 Å². The summed E-state index contributed by atoms with van der Waals surface area (Å²) < 4.78 is 4.99. The third-order valence-corrected chi connectivity index (χ3v) is 3.15. The van der Waals surface area contributed by atoms with Crippen LogP contribution in [0.4, 0.5) is 4.79 Å². The van der Waals surface area contributed by atoms with Gasteiger partial charge in [-0.1, -0.05) is 23.7 Å². The molecule has 1 rings (SSSR count). The molecule has 0 aromatic heterocycles. The quantitative estimate of drug-likeness (QED) is 0.806. The Labute approximate surface area is 128 Å². The van der Waals surface area contributed by atoms with E-state index in [0.717, 1.165) is 5.56 Å². The number of carbonyl (C=O) groups is 2. The van der Waals surface area contributed by atoms with Crippen LogP contribution in [0, 0.1) is 0 Å². The Bertz CT molecular complexity index is 478. The van der Waals surface area contributed by atoms with Gasteiger partial charge in [0.2, 0.25) is 0 Å². The Morgan fingerprint density at radius 1 is 1.38 bits per heavy atom. The van der Waals surface area contributed by atoms with E-state index in [0.29, 0.717) is 11.6 Å². The molecule has 0 fully saturated rings. The summed E-state index contributed by atoms with van der Waals surface area (Å²) in [7, 11) is 3.07. The summed E-state index contributed by atoms with van der Waals surface area (Å²) in [5.41, 5.74) is 0.950. The highest BCUT2D eigenvalue weighted by atomic mass is 35.5. The van der Waals surface area contributed by atoms with Crippen LogP contribution in [0.2, 0.25) is 5.02 Å². The third-order valence-electron chi connectivity index (χ3n) is 2.90. The molecule has 0 heterocycles. The number of hydrogen-bond donors (Lipinski definition) is 2. The lowest BCUT2D eigenvalue weighted by Crippen LogP contribution is -2.41. The van der Waals surface area contributed by atoms with Gasteiger partial charge in [-0.15, -0.1) is 0 Å². The predicted octanol–water partition coefficient (Wildman–Crippen LogP) is 1.97. The van der Waals surface area contributed by atoms with Crippen molar-refractivity contribution < 1.29 is 19.4 Å². The number of amides is 2. The van der Waals surface area contributed by atoms with Crippen LogP contribution < -0.4 is 5.32 Å². The van der Waals surface area contributed by atoms with Gasteiger partial charge in [-0.3, -0.25) is 4.79 Å². The van der Waals surface area contributed by atoms with E-state index in [1.165, 1.54) is 12.0 Å². The number of rotatable bonds is 7. The number of ether oxygens (including phenoxy) is 1. The number of aliphatic carboxylic acids is 1. The molecule has 0 spiro atoms. The lowest BCUT2D eigenvalue weighted by atomic mass is 10.2.